The number of rotatable bonds is 4. The second-order valence-electron chi connectivity index (χ2n) is 5.42. The average molecular weight is 282 g/mol. The van der Waals surface area contributed by atoms with Crippen LogP contribution in [0, 0.1) is 0 Å². The monoisotopic (exact) mass is 281 g/mol. The van der Waals surface area contributed by atoms with Gasteiger partial charge in [0.15, 0.2) is 0 Å². The van der Waals surface area contributed by atoms with Crippen LogP contribution >= 0.6 is 11.6 Å². The van der Waals surface area contributed by atoms with E-state index in [-0.39, 0.29) is 5.54 Å². The predicted octanol–water partition coefficient (Wildman–Crippen LogP) is 4.51. The van der Waals surface area contributed by atoms with Crippen LogP contribution in [0.5, 0.6) is 5.75 Å². The summed E-state index contributed by atoms with van der Waals surface area (Å²) in [6.07, 6.45) is 7.43. The molecule has 3 heteroatoms. The minimum Gasteiger partial charge on any atom is -0.495 e. The summed E-state index contributed by atoms with van der Waals surface area (Å²) in [5.41, 5.74) is 1.42. The molecule has 1 atom stereocenters. The average Bonchev–Trinajstić information content (AvgIpc) is 2.66. The zero-order valence-corrected chi connectivity index (χ0v) is 12.7. The Bertz CT molecular complexity index is 411. The van der Waals surface area contributed by atoms with Crippen LogP contribution in [0.3, 0.4) is 0 Å². The lowest BCUT2D eigenvalue weighted by atomic mass is 9.81. The molecule has 0 radical (unpaired) electrons. The van der Waals surface area contributed by atoms with E-state index in [2.05, 4.69) is 24.4 Å². The molecule has 0 amide bonds. The fraction of sp³-hybridized carbons (Fsp3) is 0.625. The highest BCUT2D eigenvalue weighted by molar-refractivity contribution is 6.32. The van der Waals surface area contributed by atoms with Gasteiger partial charge in [0.2, 0.25) is 0 Å². The van der Waals surface area contributed by atoms with Crippen molar-refractivity contribution in [3.63, 3.8) is 0 Å². The van der Waals surface area contributed by atoms with E-state index < -0.39 is 0 Å². The summed E-state index contributed by atoms with van der Waals surface area (Å²) in [6, 6.07) is 6.22. The number of halogens is 1. The molecule has 2 nitrogen and oxygen atoms in total. The summed E-state index contributed by atoms with van der Waals surface area (Å²) in [4.78, 5) is 0. The standard InChI is InChI=1S/C16H24ClNO/c1-3-9-16(10-5-4-6-11-18-16)13-7-8-14(17)15(12-13)19-2/h7-8,12,18H,3-6,9-11H2,1-2H3. The molecule has 1 aromatic rings. The zero-order valence-electron chi connectivity index (χ0n) is 12.0. The number of nitrogens with one attached hydrogen (secondary N) is 1. The van der Waals surface area contributed by atoms with E-state index in [1.807, 2.05) is 6.07 Å². The van der Waals surface area contributed by atoms with Gasteiger partial charge < -0.3 is 10.1 Å². The van der Waals surface area contributed by atoms with Gasteiger partial charge >= 0.3 is 0 Å². The fourth-order valence-corrected chi connectivity index (χ4v) is 3.33. The molecule has 1 aromatic carbocycles. The van der Waals surface area contributed by atoms with Crippen molar-refractivity contribution >= 4 is 11.6 Å². The Hall–Kier alpha value is -0.730. The number of methoxy groups -OCH3 is 1. The van der Waals surface area contributed by atoms with Gasteiger partial charge in [0.05, 0.1) is 12.1 Å². The molecule has 1 N–H and O–H groups in total. The molecule has 2 rings (SSSR count). The minimum absolute atomic E-state index is 0.100. The molecule has 1 heterocycles. The van der Waals surface area contributed by atoms with Crippen molar-refractivity contribution in [1.82, 2.24) is 5.32 Å². The summed E-state index contributed by atoms with van der Waals surface area (Å²) in [5, 5.41) is 4.47. The molecular weight excluding hydrogens is 258 g/mol. The molecule has 0 spiro atoms. The van der Waals surface area contributed by atoms with Crippen LogP contribution in [0.15, 0.2) is 18.2 Å². The SMILES string of the molecule is CCCC1(c2ccc(Cl)c(OC)c2)CCCCCN1. The van der Waals surface area contributed by atoms with Crippen LogP contribution in [0.4, 0.5) is 0 Å². The van der Waals surface area contributed by atoms with Crippen molar-refractivity contribution in [2.75, 3.05) is 13.7 Å². The molecule has 1 saturated heterocycles. The van der Waals surface area contributed by atoms with E-state index in [1.54, 1.807) is 7.11 Å². The molecular formula is C16H24ClNO. The maximum atomic E-state index is 6.14. The Morgan fingerprint density at radius 2 is 2.16 bits per heavy atom. The zero-order chi connectivity index (χ0) is 13.7. The normalized spacial score (nSPS) is 23.9. The molecule has 1 aliphatic rings. The van der Waals surface area contributed by atoms with Crippen LogP contribution in [0.2, 0.25) is 5.02 Å². The van der Waals surface area contributed by atoms with Gasteiger partial charge in [-0.25, -0.2) is 0 Å². The number of benzene rings is 1. The molecule has 19 heavy (non-hydrogen) atoms. The Labute approximate surface area is 121 Å². The first-order chi connectivity index (χ1) is 9.22. The first kappa shape index (κ1) is 14.7. The Balaban J connectivity index is 2.36. The molecule has 0 aliphatic carbocycles. The van der Waals surface area contributed by atoms with E-state index in [1.165, 1.54) is 37.7 Å². The predicted molar refractivity (Wildman–Crippen MR) is 81.1 cm³/mol. The number of hydrogen-bond donors (Lipinski definition) is 1. The molecule has 1 fully saturated rings. The molecule has 106 valence electrons. The molecule has 0 bridgehead atoms. The van der Waals surface area contributed by atoms with Crippen molar-refractivity contribution in [2.24, 2.45) is 0 Å². The highest BCUT2D eigenvalue weighted by atomic mass is 35.5. The minimum atomic E-state index is 0.100. The molecule has 0 aromatic heterocycles. The summed E-state index contributed by atoms with van der Waals surface area (Å²) in [5.74, 6) is 0.778. The third-order valence-electron chi connectivity index (χ3n) is 4.12. The van der Waals surface area contributed by atoms with Crippen LogP contribution in [0.1, 0.15) is 51.0 Å². The molecule has 1 aliphatic heterocycles. The van der Waals surface area contributed by atoms with E-state index >= 15 is 0 Å². The van der Waals surface area contributed by atoms with Gasteiger partial charge in [0, 0.05) is 5.54 Å². The van der Waals surface area contributed by atoms with Gasteiger partial charge in [-0.3, -0.25) is 0 Å². The van der Waals surface area contributed by atoms with Crippen LogP contribution in [0.25, 0.3) is 0 Å². The van der Waals surface area contributed by atoms with Gasteiger partial charge in [-0.15, -0.1) is 0 Å². The van der Waals surface area contributed by atoms with Crippen molar-refractivity contribution in [2.45, 2.75) is 51.0 Å². The van der Waals surface area contributed by atoms with Crippen LogP contribution in [-0.2, 0) is 5.54 Å². The van der Waals surface area contributed by atoms with Gasteiger partial charge in [-0.2, -0.15) is 0 Å². The summed E-state index contributed by atoms with van der Waals surface area (Å²) in [6.45, 7) is 3.35. The fourth-order valence-electron chi connectivity index (χ4n) is 3.13. The van der Waals surface area contributed by atoms with Crippen molar-refractivity contribution < 1.29 is 4.74 Å². The van der Waals surface area contributed by atoms with Crippen molar-refractivity contribution in [3.05, 3.63) is 28.8 Å². The Kier molecular flexibility index (Phi) is 5.12. The lowest BCUT2D eigenvalue weighted by Crippen LogP contribution is -2.41. The van der Waals surface area contributed by atoms with Crippen molar-refractivity contribution in [1.29, 1.82) is 0 Å². The number of hydrogen-bond acceptors (Lipinski definition) is 2. The van der Waals surface area contributed by atoms with Gasteiger partial charge in [0.25, 0.3) is 0 Å². The Morgan fingerprint density at radius 3 is 2.89 bits per heavy atom. The van der Waals surface area contributed by atoms with E-state index in [9.17, 15) is 0 Å². The largest absolute Gasteiger partial charge is 0.495 e. The molecule has 1 unspecified atom stereocenters. The summed E-state index contributed by atoms with van der Waals surface area (Å²) < 4.78 is 5.37. The van der Waals surface area contributed by atoms with Crippen LogP contribution < -0.4 is 10.1 Å². The van der Waals surface area contributed by atoms with E-state index in [0.717, 1.165) is 18.7 Å². The number of ether oxygens (including phenoxy) is 1. The lowest BCUT2D eigenvalue weighted by Gasteiger charge is -2.35. The van der Waals surface area contributed by atoms with Gasteiger partial charge in [-0.05, 0) is 43.5 Å². The van der Waals surface area contributed by atoms with Crippen molar-refractivity contribution in [3.8, 4) is 5.75 Å². The Morgan fingerprint density at radius 1 is 1.32 bits per heavy atom. The second-order valence-corrected chi connectivity index (χ2v) is 5.83. The van der Waals surface area contributed by atoms with Crippen LogP contribution in [-0.4, -0.2) is 13.7 Å². The first-order valence-electron chi connectivity index (χ1n) is 7.31. The lowest BCUT2D eigenvalue weighted by molar-refractivity contribution is 0.295. The smallest absolute Gasteiger partial charge is 0.137 e. The maximum Gasteiger partial charge on any atom is 0.137 e. The summed E-state index contributed by atoms with van der Waals surface area (Å²) in [7, 11) is 1.68. The first-order valence-corrected chi connectivity index (χ1v) is 7.69. The second kappa shape index (κ2) is 6.62. The third kappa shape index (κ3) is 3.24. The van der Waals surface area contributed by atoms with E-state index in [0.29, 0.717) is 5.02 Å². The highest BCUT2D eigenvalue weighted by Gasteiger charge is 2.32. The molecule has 0 saturated carbocycles. The third-order valence-corrected chi connectivity index (χ3v) is 4.44. The highest BCUT2D eigenvalue weighted by Crippen LogP contribution is 2.37. The van der Waals surface area contributed by atoms with Gasteiger partial charge in [-0.1, -0.05) is 43.9 Å². The quantitative estimate of drug-likeness (QED) is 0.877. The maximum absolute atomic E-state index is 6.14. The van der Waals surface area contributed by atoms with E-state index in [4.69, 9.17) is 16.3 Å². The summed E-state index contributed by atoms with van der Waals surface area (Å²) >= 11 is 6.14. The topological polar surface area (TPSA) is 21.3 Å². The van der Waals surface area contributed by atoms with Gasteiger partial charge in [0.1, 0.15) is 5.75 Å².